The van der Waals surface area contributed by atoms with E-state index in [1.54, 1.807) is 26.8 Å². The van der Waals surface area contributed by atoms with Crippen molar-refractivity contribution >= 4 is 18.4 Å². The van der Waals surface area contributed by atoms with Crippen LogP contribution < -0.4 is 10.7 Å². The Labute approximate surface area is 110 Å². The van der Waals surface area contributed by atoms with Gasteiger partial charge < -0.3 is 9.96 Å². The van der Waals surface area contributed by atoms with E-state index in [0.29, 0.717) is 0 Å². The van der Waals surface area contributed by atoms with Crippen LogP contribution in [0, 0.1) is 0 Å². The molecule has 0 aliphatic rings. The van der Waals surface area contributed by atoms with Crippen molar-refractivity contribution in [3.8, 4) is 0 Å². The number of nitrogens with one attached hydrogen (secondary N) is 1. The van der Waals surface area contributed by atoms with Crippen molar-refractivity contribution in [1.82, 2.24) is 5.23 Å². The molecular weight excluding hydrogens is 258 g/mol. The number of ether oxygens (including phenoxy) is 1. The summed E-state index contributed by atoms with van der Waals surface area (Å²) in [7, 11) is 0. The summed E-state index contributed by atoms with van der Waals surface area (Å²) >= 11 is 0. The van der Waals surface area contributed by atoms with Crippen LogP contribution >= 0.6 is 0 Å². The molecule has 0 aliphatic carbocycles. The molecule has 0 saturated heterocycles. The predicted octanol–water partition coefficient (Wildman–Crippen LogP) is 2.51. The third-order valence-corrected chi connectivity index (χ3v) is 2.12. The van der Waals surface area contributed by atoms with Crippen LogP contribution in [-0.4, -0.2) is 24.6 Å². The topological polar surface area (TPSA) is 38.3 Å². The molecule has 0 atom stereocenters. The first-order valence-corrected chi connectivity index (χ1v) is 5.71. The van der Waals surface area contributed by atoms with Crippen LogP contribution in [0.5, 0.6) is 0 Å². The zero-order chi connectivity index (χ0) is 14.7. The molecule has 1 amide bonds. The molecule has 0 unspecified atom stereocenters. The zero-order valence-electron chi connectivity index (χ0n) is 10.9. The lowest BCUT2D eigenvalue weighted by atomic mass is 9.55. The van der Waals surface area contributed by atoms with Gasteiger partial charge in [-0.2, -0.15) is 13.2 Å². The van der Waals surface area contributed by atoms with E-state index in [-0.39, 0.29) is 5.46 Å². The summed E-state index contributed by atoms with van der Waals surface area (Å²) in [5.74, 6) is 0. The molecule has 0 aliphatic heterocycles. The van der Waals surface area contributed by atoms with Crippen LogP contribution in [0.4, 0.5) is 18.0 Å². The lowest BCUT2D eigenvalue weighted by Gasteiger charge is -2.23. The molecule has 1 rings (SSSR count). The van der Waals surface area contributed by atoms with E-state index in [4.69, 9.17) is 4.74 Å². The second-order valence-electron chi connectivity index (χ2n) is 5.03. The first-order chi connectivity index (χ1) is 8.59. The normalized spacial score (nSPS) is 11.9. The Bertz CT molecular complexity index is 429. The Hall–Kier alpha value is -1.66. The number of alkyl halides is 3. The van der Waals surface area contributed by atoms with Crippen molar-refractivity contribution in [3.63, 3.8) is 0 Å². The maximum absolute atomic E-state index is 12.9. The van der Waals surface area contributed by atoms with E-state index in [1.807, 2.05) is 5.23 Å². The average molecular weight is 273 g/mol. The Morgan fingerprint density at radius 3 is 2.11 bits per heavy atom. The fourth-order valence-electron chi connectivity index (χ4n) is 1.43. The molecule has 0 fully saturated rings. The van der Waals surface area contributed by atoms with Crippen molar-refractivity contribution in [2.75, 3.05) is 0 Å². The molecule has 0 radical (unpaired) electrons. The largest absolute Gasteiger partial charge is 0.445 e. The maximum Gasteiger partial charge on any atom is 0.418 e. The molecule has 0 heterocycles. The summed E-state index contributed by atoms with van der Waals surface area (Å²) in [5.41, 5.74) is -0.891. The molecule has 0 bridgehead atoms. The summed E-state index contributed by atoms with van der Waals surface area (Å²) < 4.78 is 43.6. The van der Waals surface area contributed by atoms with E-state index in [9.17, 15) is 18.0 Å². The molecule has 1 aromatic carbocycles. The van der Waals surface area contributed by atoms with Crippen LogP contribution in [0.1, 0.15) is 20.8 Å². The van der Waals surface area contributed by atoms with Crippen molar-refractivity contribution in [2.45, 2.75) is 32.4 Å². The minimum absolute atomic E-state index is 0.0409. The average Bonchev–Trinajstić information content (AvgIpc) is 2.23. The molecular formula is C12H15BF3NO2. The highest BCUT2D eigenvalue weighted by Gasteiger charge is 2.47. The van der Waals surface area contributed by atoms with E-state index in [1.165, 1.54) is 24.3 Å². The fourth-order valence-corrected chi connectivity index (χ4v) is 1.43. The molecule has 3 nitrogen and oxygen atoms in total. The van der Waals surface area contributed by atoms with Crippen LogP contribution in [0.15, 0.2) is 30.3 Å². The Morgan fingerprint density at radius 2 is 1.68 bits per heavy atom. The summed E-state index contributed by atoms with van der Waals surface area (Å²) in [5, 5.41) is 1.84. The molecule has 1 aromatic rings. The van der Waals surface area contributed by atoms with Crippen LogP contribution in [0.25, 0.3) is 0 Å². The number of amides is 1. The van der Waals surface area contributed by atoms with Gasteiger partial charge in [0.1, 0.15) is 5.60 Å². The highest BCUT2D eigenvalue weighted by molar-refractivity contribution is 6.74. The second-order valence-corrected chi connectivity index (χ2v) is 5.03. The summed E-state index contributed by atoms with van der Waals surface area (Å²) in [6.45, 7) is 2.66. The van der Waals surface area contributed by atoms with Gasteiger partial charge in [-0.05, 0) is 26.2 Å². The first-order valence-electron chi connectivity index (χ1n) is 5.71. The summed E-state index contributed by atoms with van der Waals surface area (Å²) in [4.78, 5) is 11.5. The molecule has 7 heteroatoms. The Balaban J connectivity index is 2.87. The van der Waals surface area contributed by atoms with Crippen LogP contribution in [-0.2, 0) is 4.74 Å². The van der Waals surface area contributed by atoms with Gasteiger partial charge >= 0.3 is 19.0 Å². The van der Waals surface area contributed by atoms with Gasteiger partial charge in [-0.3, -0.25) is 0 Å². The van der Waals surface area contributed by atoms with Gasteiger partial charge in [0.2, 0.25) is 0 Å². The Morgan fingerprint density at radius 1 is 1.16 bits per heavy atom. The predicted molar refractivity (Wildman–Crippen MR) is 67.3 cm³/mol. The summed E-state index contributed by atoms with van der Waals surface area (Å²) in [6.07, 6.45) is -5.68. The molecule has 19 heavy (non-hydrogen) atoms. The monoisotopic (exact) mass is 273 g/mol. The molecule has 0 spiro atoms. The van der Waals surface area contributed by atoms with E-state index >= 15 is 0 Å². The highest BCUT2D eigenvalue weighted by Crippen LogP contribution is 2.18. The van der Waals surface area contributed by atoms with Crippen molar-refractivity contribution < 1.29 is 22.7 Å². The molecule has 0 aromatic heterocycles. The number of rotatable bonds is 2. The van der Waals surface area contributed by atoms with E-state index in [2.05, 4.69) is 0 Å². The standard InChI is InChI=1S/C12H15BF3NO2/c1-11(2,3)19-10(18)17-13(12(14,15)16)9-7-5-4-6-8-9/h4-8H,1-3H3,(H,17,18). The minimum atomic E-state index is -4.59. The SMILES string of the molecule is CC(C)(C)OC(=O)NB(c1ccccc1)C(F)(F)F. The summed E-state index contributed by atoms with van der Waals surface area (Å²) in [6, 6.07) is 7.16. The number of halogens is 3. The van der Waals surface area contributed by atoms with Crippen LogP contribution in [0.3, 0.4) is 0 Å². The number of hydrogen-bond acceptors (Lipinski definition) is 2. The molecule has 104 valence electrons. The van der Waals surface area contributed by atoms with Gasteiger partial charge in [-0.25, -0.2) is 4.79 Å². The van der Waals surface area contributed by atoms with Crippen molar-refractivity contribution in [1.29, 1.82) is 0 Å². The van der Waals surface area contributed by atoms with Gasteiger partial charge in [-0.15, -0.1) is 0 Å². The number of benzene rings is 1. The number of hydrogen-bond donors (Lipinski definition) is 1. The van der Waals surface area contributed by atoms with E-state index < -0.39 is 24.6 Å². The zero-order valence-corrected chi connectivity index (χ0v) is 10.9. The third-order valence-electron chi connectivity index (χ3n) is 2.12. The van der Waals surface area contributed by atoms with Crippen LogP contribution in [0.2, 0.25) is 0 Å². The fraction of sp³-hybridized carbons (Fsp3) is 0.417. The Kier molecular flexibility index (Phi) is 4.50. The minimum Gasteiger partial charge on any atom is -0.445 e. The molecule has 0 saturated carbocycles. The van der Waals surface area contributed by atoms with Crippen molar-refractivity contribution in [2.24, 2.45) is 0 Å². The maximum atomic E-state index is 12.9. The lowest BCUT2D eigenvalue weighted by Crippen LogP contribution is -2.58. The van der Waals surface area contributed by atoms with Gasteiger partial charge in [0, 0.05) is 0 Å². The highest BCUT2D eigenvalue weighted by atomic mass is 19.4. The van der Waals surface area contributed by atoms with Gasteiger partial charge in [0.05, 0.1) is 0 Å². The third kappa shape index (κ3) is 5.24. The molecule has 1 N–H and O–H groups in total. The smallest absolute Gasteiger partial charge is 0.418 e. The van der Waals surface area contributed by atoms with E-state index in [0.717, 1.165) is 0 Å². The quantitative estimate of drug-likeness (QED) is 0.841. The van der Waals surface area contributed by atoms with Crippen molar-refractivity contribution in [3.05, 3.63) is 30.3 Å². The van der Waals surface area contributed by atoms with Gasteiger partial charge in [0.25, 0.3) is 0 Å². The second kappa shape index (κ2) is 5.55. The first kappa shape index (κ1) is 15.4. The number of carbonyl (C=O) groups excluding carboxylic acids is 1. The number of carbonyl (C=O) groups is 1. The lowest BCUT2D eigenvalue weighted by molar-refractivity contribution is -0.0522. The van der Waals surface area contributed by atoms with Gasteiger partial charge in [0.15, 0.2) is 0 Å². The van der Waals surface area contributed by atoms with Gasteiger partial charge in [-0.1, -0.05) is 30.3 Å².